The van der Waals surface area contributed by atoms with Crippen LogP contribution < -0.4 is 4.74 Å². The van der Waals surface area contributed by atoms with E-state index in [2.05, 4.69) is 10.3 Å². The van der Waals surface area contributed by atoms with Gasteiger partial charge >= 0.3 is 5.97 Å². The molecule has 3 rings (SSSR count). The second-order valence-electron chi connectivity index (χ2n) is 5.36. The number of carbonyl (C=O) groups is 1. The first kappa shape index (κ1) is 15.5. The molecule has 0 spiro atoms. The Bertz CT molecular complexity index is 692. The summed E-state index contributed by atoms with van der Waals surface area (Å²) in [5.41, 5.74) is 1.08. The first-order chi connectivity index (χ1) is 11.2. The minimum Gasteiger partial charge on any atom is -0.491 e. The van der Waals surface area contributed by atoms with Crippen LogP contribution in [0.5, 0.6) is 5.75 Å². The van der Waals surface area contributed by atoms with E-state index >= 15 is 0 Å². The van der Waals surface area contributed by atoms with Gasteiger partial charge in [-0.05, 0) is 31.4 Å². The van der Waals surface area contributed by atoms with Crippen LogP contribution in [-0.4, -0.2) is 39.3 Å². The molecule has 0 aliphatic carbocycles. The molecule has 1 saturated heterocycles. The van der Waals surface area contributed by atoms with Crippen LogP contribution in [0.3, 0.4) is 0 Å². The maximum atomic E-state index is 11.5. The van der Waals surface area contributed by atoms with E-state index in [0.29, 0.717) is 30.3 Å². The molecule has 0 amide bonds. The van der Waals surface area contributed by atoms with Gasteiger partial charge in [-0.3, -0.25) is 0 Å². The zero-order valence-electron chi connectivity index (χ0n) is 12.9. The van der Waals surface area contributed by atoms with E-state index in [1.165, 1.54) is 4.68 Å². The third-order valence-corrected chi connectivity index (χ3v) is 3.70. The smallest absolute Gasteiger partial charge is 0.358 e. The number of carboxylic acid groups (broad SMARTS) is 1. The fourth-order valence-electron chi connectivity index (χ4n) is 2.67. The van der Waals surface area contributed by atoms with Crippen LogP contribution in [0.4, 0.5) is 0 Å². The van der Waals surface area contributed by atoms with E-state index in [9.17, 15) is 9.90 Å². The summed E-state index contributed by atoms with van der Waals surface area (Å²) in [5.74, 6) is -0.454. The Morgan fingerprint density at radius 3 is 3.00 bits per heavy atom. The molecule has 0 bridgehead atoms. The van der Waals surface area contributed by atoms with Crippen molar-refractivity contribution in [3.8, 4) is 11.4 Å². The van der Waals surface area contributed by atoms with Gasteiger partial charge < -0.3 is 14.6 Å². The molecule has 7 heteroatoms. The zero-order valence-corrected chi connectivity index (χ0v) is 12.9. The van der Waals surface area contributed by atoms with Gasteiger partial charge in [0.2, 0.25) is 0 Å². The van der Waals surface area contributed by atoms with Gasteiger partial charge in [0, 0.05) is 6.61 Å². The van der Waals surface area contributed by atoms with Gasteiger partial charge in [0.1, 0.15) is 23.2 Å². The van der Waals surface area contributed by atoms with E-state index in [1.807, 2.05) is 31.2 Å². The normalized spacial score (nSPS) is 17.3. The van der Waals surface area contributed by atoms with Crippen molar-refractivity contribution in [1.29, 1.82) is 0 Å². The highest BCUT2D eigenvalue weighted by Gasteiger charge is 2.31. The van der Waals surface area contributed by atoms with Crippen LogP contribution in [-0.2, 0) is 4.74 Å². The summed E-state index contributed by atoms with van der Waals surface area (Å²) in [4.78, 5) is 11.5. The Morgan fingerprint density at radius 1 is 1.48 bits per heavy atom. The van der Waals surface area contributed by atoms with Crippen LogP contribution in [0, 0.1) is 0 Å². The number of rotatable bonds is 6. The summed E-state index contributed by atoms with van der Waals surface area (Å²) < 4.78 is 12.9. The van der Waals surface area contributed by atoms with Crippen LogP contribution in [0.15, 0.2) is 24.3 Å². The summed E-state index contributed by atoms with van der Waals surface area (Å²) in [6.07, 6.45) is 2.22. The molecule has 122 valence electrons. The second kappa shape index (κ2) is 6.78. The highest BCUT2D eigenvalue weighted by molar-refractivity contribution is 5.86. The van der Waals surface area contributed by atoms with Crippen LogP contribution in [0.2, 0.25) is 0 Å². The predicted molar refractivity (Wildman–Crippen MR) is 82.0 cm³/mol. The second-order valence-corrected chi connectivity index (χ2v) is 5.36. The molecule has 7 nitrogen and oxygen atoms in total. The van der Waals surface area contributed by atoms with E-state index in [0.717, 1.165) is 19.3 Å². The van der Waals surface area contributed by atoms with Crippen molar-refractivity contribution in [3.05, 3.63) is 35.7 Å². The number of para-hydroxylation sites is 2. The van der Waals surface area contributed by atoms with Gasteiger partial charge in [-0.25, -0.2) is 9.48 Å². The minimum absolute atomic E-state index is 0.0674. The predicted octanol–water partition coefficient (Wildman–Crippen LogP) is 2.61. The highest BCUT2D eigenvalue weighted by Crippen LogP contribution is 2.33. The number of aromatic nitrogens is 3. The molecule has 2 aromatic rings. The number of aromatic carboxylic acids is 1. The molecule has 0 saturated carbocycles. The van der Waals surface area contributed by atoms with Crippen molar-refractivity contribution < 1.29 is 19.4 Å². The van der Waals surface area contributed by atoms with Crippen LogP contribution in [0.1, 0.15) is 48.5 Å². The van der Waals surface area contributed by atoms with Gasteiger partial charge in [-0.2, -0.15) is 0 Å². The topological polar surface area (TPSA) is 86.5 Å². The van der Waals surface area contributed by atoms with E-state index in [1.54, 1.807) is 0 Å². The van der Waals surface area contributed by atoms with Crippen LogP contribution >= 0.6 is 0 Å². The Kier molecular flexibility index (Phi) is 4.57. The standard InChI is InChI=1S/C16H19N3O4/c1-2-9-22-12-7-4-3-6-11(12)19-15(13-8-5-10-23-13)14(16(20)21)17-18-19/h3-4,6-7,13H,2,5,8-10H2,1H3,(H,20,21). The van der Waals surface area contributed by atoms with Crippen molar-refractivity contribution in [2.24, 2.45) is 0 Å². The van der Waals surface area contributed by atoms with Gasteiger partial charge in [-0.15, -0.1) is 5.10 Å². The van der Waals surface area contributed by atoms with Gasteiger partial charge in [0.05, 0.1) is 6.61 Å². The van der Waals surface area contributed by atoms with Gasteiger partial charge in [-0.1, -0.05) is 24.3 Å². The van der Waals surface area contributed by atoms with Gasteiger partial charge in [0.15, 0.2) is 5.69 Å². The molecule has 1 aromatic heterocycles. The average Bonchev–Trinajstić information content (AvgIpc) is 3.21. The number of hydrogen-bond donors (Lipinski definition) is 1. The first-order valence-electron chi connectivity index (χ1n) is 7.75. The molecule has 1 aromatic carbocycles. The third kappa shape index (κ3) is 3.05. The lowest BCUT2D eigenvalue weighted by molar-refractivity contribution is 0.0673. The maximum absolute atomic E-state index is 11.5. The summed E-state index contributed by atoms with van der Waals surface area (Å²) >= 11 is 0. The van der Waals surface area contributed by atoms with Crippen molar-refractivity contribution in [1.82, 2.24) is 15.0 Å². The third-order valence-electron chi connectivity index (χ3n) is 3.70. The van der Waals surface area contributed by atoms with Crippen molar-refractivity contribution >= 4 is 5.97 Å². The molecule has 1 aliphatic rings. The van der Waals surface area contributed by atoms with Gasteiger partial charge in [0.25, 0.3) is 0 Å². The molecular formula is C16H19N3O4. The molecule has 23 heavy (non-hydrogen) atoms. The number of nitrogens with zero attached hydrogens (tertiary/aromatic N) is 3. The van der Waals surface area contributed by atoms with E-state index in [-0.39, 0.29) is 11.8 Å². The van der Waals surface area contributed by atoms with Crippen molar-refractivity contribution in [2.45, 2.75) is 32.3 Å². The molecule has 1 atom stereocenters. The fourth-order valence-corrected chi connectivity index (χ4v) is 2.67. The fraction of sp³-hybridized carbons (Fsp3) is 0.438. The number of carboxylic acids is 1. The summed E-state index contributed by atoms with van der Waals surface area (Å²) in [5, 5.41) is 17.3. The summed E-state index contributed by atoms with van der Waals surface area (Å²) in [7, 11) is 0. The lowest BCUT2D eigenvalue weighted by Crippen LogP contribution is -2.12. The summed E-state index contributed by atoms with van der Waals surface area (Å²) in [6, 6.07) is 7.40. The maximum Gasteiger partial charge on any atom is 0.358 e. The van der Waals surface area contributed by atoms with Crippen molar-refractivity contribution in [2.75, 3.05) is 13.2 Å². The zero-order chi connectivity index (χ0) is 16.2. The molecule has 1 aliphatic heterocycles. The number of ether oxygens (including phenoxy) is 2. The lowest BCUT2D eigenvalue weighted by atomic mass is 10.1. The quantitative estimate of drug-likeness (QED) is 0.881. The lowest BCUT2D eigenvalue weighted by Gasteiger charge is -2.15. The Balaban J connectivity index is 2.08. The molecule has 1 unspecified atom stereocenters. The monoisotopic (exact) mass is 317 g/mol. The first-order valence-corrected chi connectivity index (χ1v) is 7.75. The Hall–Kier alpha value is -2.41. The molecule has 0 radical (unpaired) electrons. The largest absolute Gasteiger partial charge is 0.491 e. The SMILES string of the molecule is CCCOc1ccccc1-n1nnc(C(=O)O)c1C1CCCO1. The number of benzene rings is 1. The van der Waals surface area contributed by atoms with Crippen LogP contribution in [0.25, 0.3) is 5.69 Å². The average molecular weight is 317 g/mol. The molecule has 1 N–H and O–H groups in total. The Morgan fingerprint density at radius 2 is 2.30 bits per heavy atom. The summed E-state index contributed by atoms with van der Waals surface area (Å²) in [6.45, 7) is 3.22. The Labute approximate surface area is 133 Å². The van der Waals surface area contributed by atoms with E-state index < -0.39 is 5.97 Å². The highest BCUT2D eigenvalue weighted by atomic mass is 16.5. The molecule has 2 heterocycles. The van der Waals surface area contributed by atoms with Crippen molar-refractivity contribution in [3.63, 3.8) is 0 Å². The minimum atomic E-state index is -1.10. The molecular weight excluding hydrogens is 298 g/mol. The molecule has 1 fully saturated rings. The number of hydrogen-bond acceptors (Lipinski definition) is 5. The van der Waals surface area contributed by atoms with E-state index in [4.69, 9.17) is 9.47 Å².